The first-order valence-corrected chi connectivity index (χ1v) is 10.4. The highest BCUT2D eigenvalue weighted by Crippen LogP contribution is 2.42. The summed E-state index contributed by atoms with van der Waals surface area (Å²) < 4.78 is 0. The molecule has 0 radical (unpaired) electrons. The zero-order chi connectivity index (χ0) is 19.4. The van der Waals surface area contributed by atoms with Crippen LogP contribution in [0.15, 0.2) is 60.7 Å². The summed E-state index contributed by atoms with van der Waals surface area (Å²) in [6.07, 6.45) is 4.90. The molecule has 2 aromatic carbocycles. The number of nitrogens with zero attached hydrogens (tertiary/aromatic N) is 2. The lowest BCUT2D eigenvalue weighted by molar-refractivity contribution is -0.137. The lowest BCUT2D eigenvalue weighted by Crippen LogP contribution is -2.47. The quantitative estimate of drug-likeness (QED) is 0.816. The van der Waals surface area contributed by atoms with E-state index in [0.717, 1.165) is 49.8 Å². The molecule has 0 atom stereocenters. The van der Waals surface area contributed by atoms with Gasteiger partial charge >= 0.3 is 0 Å². The summed E-state index contributed by atoms with van der Waals surface area (Å²) in [6, 6.07) is 19.7. The molecule has 1 aliphatic heterocycles. The molecule has 0 spiro atoms. The second kappa shape index (κ2) is 8.17. The maximum absolute atomic E-state index is 13.6. The van der Waals surface area contributed by atoms with Crippen LogP contribution in [0.2, 0.25) is 0 Å². The monoisotopic (exact) mass is 376 g/mol. The molecular weight excluding hydrogens is 348 g/mol. The summed E-state index contributed by atoms with van der Waals surface area (Å²) in [4.78, 5) is 30.3. The van der Waals surface area contributed by atoms with Gasteiger partial charge in [0, 0.05) is 31.7 Å². The fraction of sp³-hybridized carbons (Fsp3) is 0.417. The van der Waals surface area contributed by atoms with Crippen LogP contribution < -0.4 is 0 Å². The molecule has 2 aliphatic rings. The molecule has 4 rings (SSSR count). The smallest absolute Gasteiger partial charge is 0.253 e. The molecule has 0 N–H and O–H groups in total. The van der Waals surface area contributed by atoms with E-state index in [0.29, 0.717) is 19.6 Å². The maximum atomic E-state index is 13.6. The van der Waals surface area contributed by atoms with Crippen LogP contribution in [0.4, 0.5) is 0 Å². The molecule has 2 aromatic rings. The third kappa shape index (κ3) is 3.56. The molecule has 1 aliphatic carbocycles. The van der Waals surface area contributed by atoms with E-state index in [1.165, 1.54) is 0 Å². The highest BCUT2D eigenvalue weighted by Gasteiger charge is 2.45. The second-order valence-electron chi connectivity index (χ2n) is 7.96. The summed E-state index contributed by atoms with van der Waals surface area (Å²) in [6.45, 7) is 2.65. The molecule has 2 amide bonds. The van der Waals surface area contributed by atoms with E-state index in [1.54, 1.807) is 0 Å². The standard InChI is InChI=1S/C24H28N2O2/c27-22(20-10-3-1-4-11-20)25-16-9-17-26(19-18-25)23(28)24(14-7-8-15-24)21-12-5-2-6-13-21/h1-6,10-13H,7-9,14-19H2. The number of benzene rings is 2. The van der Waals surface area contributed by atoms with E-state index in [9.17, 15) is 9.59 Å². The van der Waals surface area contributed by atoms with Crippen molar-refractivity contribution in [1.82, 2.24) is 9.80 Å². The molecule has 4 heteroatoms. The molecule has 2 fully saturated rings. The Morgan fingerprint density at radius 2 is 1.25 bits per heavy atom. The van der Waals surface area contributed by atoms with Crippen LogP contribution in [0.3, 0.4) is 0 Å². The number of carbonyl (C=O) groups is 2. The summed E-state index contributed by atoms with van der Waals surface area (Å²) in [5.41, 5.74) is 1.50. The Hall–Kier alpha value is -2.62. The Morgan fingerprint density at radius 3 is 1.93 bits per heavy atom. The number of carbonyl (C=O) groups excluding carboxylic acids is 2. The van der Waals surface area contributed by atoms with Crippen LogP contribution in [0.25, 0.3) is 0 Å². The maximum Gasteiger partial charge on any atom is 0.253 e. The molecule has 1 heterocycles. The van der Waals surface area contributed by atoms with Crippen molar-refractivity contribution < 1.29 is 9.59 Å². The van der Waals surface area contributed by atoms with E-state index in [-0.39, 0.29) is 17.2 Å². The van der Waals surface area contributed by atoms with E-state index in [2.05, 4.69) is 12.1 Å². The minimum atomic E-state index is -0.375. The molecule has 1 saturated heterocycles. The third-order valence-corrected chi connectivity index (χ3v) is 6.28. The molecule has 0 unspecified atom stereocenters. The van der Waals surface area contributed by atoms with Crippen molar-refractivity contribution in [1.29, 1.82) is 0 Å². The summed E-state index contributed by atoms with van der Waals surface area (Å²) >= 11 is 0. The second-order valence-corrected chi connectivity index (χ2v) is 7.96. The van der Waals surface area contributed by atoms with Crippen LogP contribution >= 0.6 is 0 Å². The van der Waals surface area contributed by atoms with Crippen molar-refractivity contribution in [3.63, 3.8) is 0 Å². The van der Waals surface area contributed by atoms with Gasteiger partial charge in [0.05, 0.1) is 5.41 Å². The Morgan fingerprint density at radius 1 is 0.679 bits per heavy atom. The zero-order valence-corrected chi connectivity index (χ0v) is 16.3. The van der Waals surface area contributed by atoms with Crippen molar-refractivity contribution in [2.24, 2.45) is 0 Å². The van der Waals surface area contributed by atoms with Crippen molar-refractivity contribution in [2.75, 3.05) is 26.2 Å². The van der Waals surface area contributed by atoms with Gasteiger partial charge in [-0.2, -0.15) is 0 Å². The van der Waals surface area contributed by atoms with E-state index in [1.807, 2.05) is 58.3 Å². The predicted molar refractivity (Wildman–Crippen MR) is 110 cm³/mol. The van der Waals surface area contributed by atoms with Crippen molar-refractivity contribution in [3.8, 4) is 0 Å². The van der Waals surface area contributed by atoms with Gasteiger partial charge in [-0.05, 0) is 37.0 Å². The number of amides is 2. The third-order valence-electron chi connectivity index (χ3n) is 6.28. The molecular formula is C24H28N2O2. The van der Waals surface area contributed by atoms with Gasteiger partial charge in [-0.3, -0.25) is 9.59 Å². The Bertz CT molecular complexity index is 813. The number of hydrogen-bond donors (Lipinski definition) is 0. The molecule has 146 valence electrons. The minimum Gasteiger partial charge on any atom is -0.340 e. The van der Waals surface area contributed by atoms with Gasteiger partial charge in [0.15, 0.2) is 0 Å². The van der Waals surface area contributed by atoms with E-state index in [4.69, 9.17) is 0 Å². The molecule has 0 bridgehead atoms. The Labute approximate surface area is 167 Å². The first-order valence-electron chi connectivity index (χ1n) is 10.4. The van der Waals surface area contributed by atoms with E-state index >= 15 is 0 Å². The summed E-state index contributed by atoms with van der Waals surface area (Å²) in [5.74, 6) is 0.318. The Kier molecular flexibility index (Phi) is 5.47. The summed E-state index contributed by atoms with van der Waals surface area (Å²) in [5, 5.41) is 0. The van der Waals surface area contributed by atoms with Gasteiger partial charge in [-0.1, -0.05) is 61.4 Å². The Balaban J connectivity index is 1.49. The van der Waals surface area contributed by atoms with Crippen molar-refractivity contribution in [2.45, 2.75) is 37.5 Å². The van der Waals surface area contributed by atoms with Crippen LogP contribution in [0.1, 0.15) is 48.0 Å². The van der Waals surface area contributed by atoms with Crippen LogP contribution in [0.5, 0.6) is 0 Å². The fourth-order valence-corrected chi connectivity index (χ4v) is 4.75. The van der Waals surface area contributed by atoms with Crippen molar-refractivity contribution >= 4 is 11.8 Å². The molecule has 0 aromatic heterocycles. The van der Waals surface area contributed by atoms with Gasteiger partial charge < -0.3 is 9.80 Å². The van der Waals surface area contributed by atoms with Crippen LogP contribution in [-0.2, 0) is 10.2 Å². The lowest BCUT2D eigenvalue weighted by Gasteiger charge is -2.34. The van der Waals surface area contributed by atoms with Gasteiger partial charge in [0.2, 0.25) is 5.91 Å². The largest absolute Gasteiger partial charge is 0.340 e. The van der Waals surface area contributed by atoms with Gasteiger partial charge in [-0.25, -0.2) is 0 Å². The fourth-order valence-electron chi connectivity index (χ4n) is 4.75. The predicted octanol–water partition coefficient (Wildman–Crippen LogP) is 3.87. The van der Waals surface area contributed by atoms with E-state index < -0.39 is 0 Å². The summed E-state index contributed by atoms with van der Waals surface area (Å²) in [7, 11) is 0. The van der Waals surface area contributed by atoms with Crippen molar-refractivity contribution in [3.05, 3.63) is 71.8 Å². The minimum absolute atomic E-state index is 0.0635. The highest BCUT2D eigenvalue weighted by atomic mass is 16.2. The molecule has 4 nitrogen and oxygen atoms in total. The average molecular weight is 377 g/mol. The average Bonchev–Trinajstić information content (AvgIpc) is 3.13. The lowest BCUT2D eigenvalue weighted by atomic mass is 9.77. The van der Waals surface area contributed by atoms with Gasteiger partial charge in [0.25, 0.3) is 5.91 Å². The van der Waals surface area contributed by atoms with Gasteiger partial charge in [-0.15, -0.1) is 0 Å². The zero-order valence-electron chi connectivity index (χ0n) is 16.3. The van der Waals surface area contributed by atoms with Crippen LogP contribution in [-0.4, -0.2) is 47.8 Å². The SMILES string of the molecule is O=C(c1ccccc1)N1CCCN(C(=O)C2(c3ccccc3)CCCC2)CC1. The first kappa shape index (κ1) is 18.7. The normalized spacial score (nSPS) is 19.3. The van der Waals surface area contributed by atoms with Gasteiger partial charge in [0.1, 0.15) is 0 Å². The first-order chi connectivity index (χ1) is 13.7. The topological polar surface area (TPSA) is 40.6 Å². The molecule has 28 heavy (non-hydrogen) atoms. The number of rotatable bonds is 3. The highest BCUT2D eigenvalue weighted by molar-refractivity contribution is 5.94. The molecule has 1 saturated carbocycles. The van der Waals surface area contributed by atoms with Crippen LogP contribution in [0, 0.1) is 0 Å². The number of hydrogen-bond acceptors (Lipinski definition) is 2.